The summed E-state index contributed by atoms with van der Waals surface area (Å²) in [6.45, 7) is 1.37. The van der Waals surface area contributed by atoms with Crippen molar-refractivity contribution in [3.63, 3.8) is 0 Å². The van der Waals surface area contributed by atoms with Crippen LogP contribution in [0.2, 0.25) is 0 Å². The smallest absolute Gasteiger partial charge is 0.227 e. The molecule has 0 unspecified atom stereocenters. The van der Waals surface area contributed by atoms with Gasteiger partial charge in [0.15, 0.2) is 5.58 Å². The Morgan fingerprint density at radius 1 is 0.909 bits per heavy atom. The number of carbonyl (C=O) groups is 1. The van der Waals surface area contributed by atoms with E-state index in [4.69, 9.17) is 4.42 Å². The van der Waals surface area contributed by atoms with Gasteiger partial charge in [-0.05, 0) is 48.4 Å². The summed E-state index contributed by atoms with van der Waals surface area (Å²) in [5, 5.41) is 0. The number of hydrogen-bond donors (Lipinski definition) is 0. The second-order valence-corrected chi connectivity index (χ2v) is 8.31. The van der Waals surface area contributed by atoms with Crippen molar-refractivity contribution in [2.75, 3.05) is 11.4 Å². The lowest BCUT2D eigenvalue weighted by atomic mass is 10.0. The van der Waals surface area contributed by atoms with Gasteiger partial charge >= 0.3 is 0 Å². The van der Waals surface area contributed by atoms with Gasteiger partial charge in [-0.15, -0.1) is 0 Å². The van der Waals surface area contributed by atoms with E-state index in [1.807, 2.05) is 59.9 Å². The van der Waals surface area contributed by atoms with Gasteiger partial charge in [-0.1, -0.05) is 24.3 Å². The van der Waals surface area contributed by atoms with Crippen LogP contribution >= 0.6 is 0 Å². The fourth-order valence-corrected chi connectivity index (χ4v) is 4.36. The molecule has 1 aliphatic heterocycles. The first-order valence-corrected chi connectivity index (χ1v) is 11.1. The van der Waals surface area contributed by atoms with Gasteiger partial charge < -0.3 is 13.9 Å². The number of para-hydroxylation sites is 2. The third kappa shape index (κ3) is 3.80. The predicted molar refractivity (Wildman–Crippen MR) is 128 cm³/mol. The molecule has 1 saturated heterocycles. The highest BCUT2D eigenvalue weighted by Gasteiger charge is 2.21. The first-order valence-electron chi connectivity index (χ1n) is 11.1. The maximum absolute atomic E-state index is 12.0. The normalized spacial score (nSPS) is 13.8. The van der Waals surface area contributed by atoms with Gasteiger partial charge in [-0.25, -0.2) is 4.98 Å². The Labute approximate surface area is 191 Å². The maximum Gasteiger partial charge on any atom is 0.227 e. The Hall–Kier alpha value is -4.19. The van der Waals surface area contributed by atoms with Crippen molar-refractivity contribution in [1.29, 1.82) is 0 Å². The minimum Gasteiger partial charge on any atom is -0.439 e. The minimum absolute atomic E-state index is 0.203. The summed E-state index contributed by atoms with van der Waals surface area (Å²) in [4.78, 5) is 22.9. The zero-order valence-corrected chi connectivity index (χ0v) is 18.0. The van der Waals surface area contributed by atoms with Gasteiger partial charge in [0.1, 0.15) is 5.52 Å². The van der Waals surface area contributed by atoms with Crippen molar-refractivity contribution in [3.05, 3.63) is 91.3 Å². The number of fused-ring (bicyclic) bond motifs is 1. The van der Waals surface area contributed by atoms with Gasteiger partial charge in [0.05, 0.1) is 6.54 Å². The third-order valence-electron chi connectivity index (χ3n) is 6.06. The highest BCUT2D eigenvalue weighted by molar-refractivity contribution is 5.95. The number of aromatic nitrogens is 3. The SMILES string of the molecule is O=C1CCCN1c1ccc(-c2cncc(-c3ccn(Cc4nc5ccccc5o4)c3)c2)cc1. The number of benzene rings is 2. The Bertz CT molecular complexity index is 1420. The van der Waals surface area contributed by atoms with Crippen LogP contribution in [0.25, 0.3) is 33.4 Å². The Balaban J connectivity index is 1.22. The third-order valence-corrected chi connectivity index (χ3v) is 6.06. The van der Waals surface area contributed by atoms with Crippen molar-refractivity contribution in [2.24, 2.45) is 0 Å². The number of amides is 1. The summed E-state index contributed by atoms with van der Waals surface area (Å²) >= 11 is 0. The summed E-state index contributed by atoms with van der Waals surface area (Å²) in [6.07, 6.45) is 9.42. The van der Waals surface area contributed by atoms with Crippen LogP contribution in [0.5, 0.6) is 0 Å². The number of rotatable bonds is 5. The molecule has 5 aromatic rings. The molecule has 162 valence electrons. The van der Waals surface area contributed by atoms with Crippen LogP contribution < -0.4 is 4.90 Å². The van der Waals surface area contributed by atoms with E-state index < -0.39 is 0 Å². The van der Waals surface area contributed by atoms with Crippen LogP contribution in [0.3, 0.4) is 0 Å². The molecular formula is C27H22N4O2. The summed E-state index contributed by atoms with van der Waals surface area (Å²) < 4.78 is 7.91. The number of nitrogens with zero attached hydrogens (tertiary/aromatic N) is 4. The van der Waals surface area contributed by atoms with Crippen molar-refractivity contribution >= 4 is 22.7 Å². The minimum atomic E-state index is 0.203. The summed E-state index contributed by atoms with van der Waals surface area (Å²) in [5.41, 5.74) is 6.88. The van der Waals surface area contributed by atoms with E-state index in [0.717, 1.165) is 52.0 Å². The highest BCUT2D eigenvalue weighted by atomic mass is 16.3. The standard InChI is InChI=1S/C27H22N4O2/c32-27-6-3-12-31(27)23-9-7-19(8-10-23)21-14-22(16-28-15-21)20-11-13-30(17-20)18-26-29-24-4-1-2-5-25(24)33-26/h1-2,4-5,7-11,13-17H,3,6,12,18H2. The molecule has 3 aromatic heterocycles. The molecule has 0 bridgehead atoms. The topological polar surface area (TPSA) is 64.2 Å². The summed E-state index contributed by atoms with van der Waals surface area (Å²) in [7, 11) is 0. The lowest BCUT2D eigenvalue weighted by molar-refractivity contribution is -0.117. The van der Waals surface area contributed by atoms with Crippen LogP contribution in [-0.2, 0) is 11.3 Å². The molecule has 6 rings (SSSR count). The molecule has 0 N–H and O–H groups in total. The Morgan fingerprint density at radius 2 is 1.73 bits per heavy atom. The molecule has 6 nitrogen and oxygen atoms in total. The fourth-order valence-electron chi connectivity index (χ4n) is 4.36. The van der Waals surface area contributed by atoms with Crippen LogP contribution in [0.15, 0.2) is 89.9 Å². The number of carbonyl (C=O) groups excluding carboxylic acids is 1. The van der Waals surface area contributed by atoms with E-state index in [-0.39, 0.29) is 5.91 Å². The molecule has 2 aromatic carbocycles. The number of oxazole rings is 1. The largest absolute Gasteiger partial charge is 0.439 e. The molecule has 1 fully saturated rings. The van der Waals surface area contributed by atoms with Crippen LogP contribution in [-0.4, -0.2) is 27.0 Å². The zero-order chi connectivity index (χ0) is 22.2. The predicted octanol–water partition coefficient (Wildman–Crippen LogP) is 5.53. The van der Waals surface area contributed by atoms with Crippen molar-refractivity contribution in [1.82, 2.24) is 14.5 Å². The van der Waals surface area contributed by atoms with Crippen LogP contribution in [0.1, 0.15) is 18.7 Å². The van der Waals surface area contributed by atoms with Crippen molar-refractivity contribution in [2.45, 2.75) is 19.4 Å². The number of hydrogen-bond acceptors (Lipinski definition) is 4. The second kappa shape index (κ2) is 8.06. The number of anilines is 1. The highest BCUT2D eigenvalue weighted by Crippen LogP contribution is 2.29. The van der Waals surface area contributed by atoms with E-state index in [0.29, 0.717) is 18.9 Å². The van der Waals surface area contributed by atoms with E-state index in [1.54, 1.807) is 0 Å². The average Bonchev–Trinajstić information content (AvgIpc) is 3.59. The summed E-state index contributed by atoms with van der Waals surface area (Å²) in [6, 6.07) is 20.2. The molecule has 33 heavy (non-hydrogen) atoms. The van der Waals surface area contributed by atoms with Crippen LogP contribution in [0, 0.1) is 0 Å². The first kappa shape index (κ1) is 19.5. The van der Waals surface area contributed by atoms with E-state index >= 15 is 0 Å². The van der Waals surface area contributed by atoms with E-state index in [9.17, 15) is 4.79 Å². The lowest BCUT2D eigenvalue weighted by Crippen LogP contribution is -2.23. The molecule has 1 aliphatic rings. The van der Waals surface area contributed by atoms with Gasteiger partial charge in [0.25, 0.3) is 0 Å². The van der Waals surface area contributed by atoms with Gasteiger partial charge in [-0.2, -0.15) is 0 Å². The molecule has 0 atom stereocenters. The fraction of sp³-hybridized carbons (Fsp3) is 0.148. The molecule has 0 radical (unpaired) electrons. The second-order valence-electron chi connectivity index (χ2n) is 8.31. The van der Waals surface area contributed by atoms with E-state index in [2.05, 4.69) is 45.0 Å². The van der Waals surface area contributed by atoms with Gasteiger partial charge in [0.2, 0.25) is 11.8 Å². The van der Waals surface area contributed by atoms with Crippen molar-refractivity contribution < 1.29 is 9.21 Å². The summed E-state index contributed by atoms with van der Waals surface area (Å²) in [5.74, 6) is 0.885. The molecule has 0 spiro atoms. The molecule has 6 heteroatoms. The molecule has 0 saturated carbocycles. The van der Waals surface area contributed by atoms with Gasteiger partial charge in [0, 0.05) is 60.1 Å². The first-order chi connectivity index (χ1) is 16.2. The average molecular weight is 434 g/mol. The monoisotopic (exact) mass is 434 g/mol. The maximum atomic E-state index is 12.0. The van der Waals surface area contributed by atoms with E-state index in [1.165, 1.54) is 0 Å². The molecule has 0 aliphatic carbocycles. The quantitative estimate of drug-likeness (QED) is 0.365. The number of pyridine rings is 1. The van der Waals surface area contributed by atoms with Crippen molar-refractivity contribution in [3.8, 4) is 22.3 Å². The van der Waals surface area contributed by atoms with Crippen LogP contribution in [0.4, 0.5) is 5.69 Å². The molecular weight excluding hydrogens is 412 g/mol. The zero-order valence-electron chi connectivity index (χ0n) is 18.0. The molecule has 1 amide bonds. The lowest BCUT2D eigenvalue weighted by Gasteiger charge is -2.16. The Morgan fingerprint density at radius 3 is 2.52 bits per heavy atom. The van der Waals surface area contributed by atoms with Gasteiger partial charge in [-0.3, -0.25) is 9.78 Å². The Kier molecular flexibility index (Phi) is 4.76. The molecule has 4 heterocycles.